The van der Waals surface area contributed by atoms with Gasteiger partial charge in [0.15, 0.2) is 58.1 Å². The maximum atomic E-state index is 14.9. The van der Waals surface area contributed by atoms with Gasteiger partial charge in [0.05, 0.1) is 20.9 Å². The summed E-state index contributed by atoms with van der Waals surface area (Å²) in [5.74, 6) is -27.5. The Balaban J connectivity index is 1.79. The molecule has 0 aromatic heterocycles. The summed E-state index contributed by atoms with van der Waals surface area (Å²) in [4.78, 5) is 44.1. The number of aromatic hydroxyl groups is 2. The molecule has 0 bridgehead atoms. The van der Waals surface area contributed by atoms with Crippen molar-refractivity contribution >= 4 is 47.0 Å². The van der Waals surface area contributed by atoms with Crippen molar-refractivity contribution in [3.05, 3.63) is 104 Å². The van der Waals surface area contributed by atoms with Crippen LogP contribution in [0.1, 0.15) is 52.6 Å². The van der Waals surface area contributed by atoms with Crippen LogP contribution in [0.15, 0.2) is 43.8 Å². The van der Waals surface area contributed by atoms with Gasteiger partial charge in [0.25, 0.3) is 0 Å². The first-order chi connectivity index (χ1) is 21.5. The predicted molar refractivity (Wildman–Crippen MR) is 138 cm³/mol. The number of hydrogen-bond donors (Lipinski definition) is 4. The molecule has 1 aliphatic rings. The van der Waals surface area contributed by atoms with E-state index in [0.29, 0.717) is 12.1 Å². The van der Waals surface area contributed by atoms with E-state index in [4.69, 9.17) is 10.2 Å². The molecule has 0 saturated carbocycles. The minimum absolute atomic E-state index is 0.317. The average Bonchev–Trinajstić information content (AvgIpc) is 2.99. The first kappa shape index (κ1) is 32.3. The van der Waals surface area contributed by atoms with Crippen molar-refractivity contribution in [1.82, 2.24) is 0 Å². The number of benzene rings is 4. The number of ketones is 2. The first-order valence-electron chi connectivity index (χ1n) is 11.9. The molecule has 4 N–H and O–H groups in total. The van der Waals surface area contributed by atoms with Gasteiger partial charge in [-0.25, -0.2) is 44.7 Å². The third-order valence-electron chi connectivity index (χ3n) is 6.49. The highest BCUT2D eigenvalue weighted by atomic mass is 32.2. The van der Waals surface area contributed by atoms with Gasteiger partial charge >= 0.3 is 11.9 Å². The number of carboxylic acid groups (broad SMARTS) is 2. The van der Waals surface area contributed by atoms with Gasteiger partial charge in [0.1, 0.15) is 22.6 Å². The normalized spacial score (nSPS) is 12.3. The Kier molecular flexibility index (Phi) is 7.98. The van der Waals surface area contributed by atoms with E-state index in [-0.39, 0.29) is 23.5 Å². The number of carboxylic acids is 2. The summed E-state index contributed by atoms with van der Waals surface area (Å²) in [6.45, 7) is 0. The SMILES string of the molecule is O=C(O)c1c(F)c(F)c(Sc2cc3c(cc2Sc2c(F)c(F)c(C(=O)O)c(F)c2F)C(=O)c2c(O)ccc(O)c2C3=O)c(F)c1F. The summed E-state index contributed by atoms with van der Waals surface area (Å²) in [7, 11) is 0. The van der Waals surface area contributed by atoms with E-state index in [1.807, 2.05) is 0 Å². The van der Waals surface area contributed by atoms with Crippen LogP contribution in [-0.4, -0.2) is 43.9 Å². The summed E-state index contributed by atoms with van der Waals surface area (Å²) in [6.07, 6.45) is 0. The molecule has 236 valence electrons. The lowest BCUT2D eigenvalue weighted by Crippen LogP contribution is -2.21. The maximum Gasteiger partial charge on any atom is 0.341 e. The van der Waals surface area contributed by atoms with Gasteiger partial charge in [-0.1, -0.05) is 23.5 Å². The zero-order valence-electron chi connectivity index (χ0n) is 21.6. The van der Waals surface area contributed by atoms with Crippen LogP contribution in [0, 0.1) is 46.5 Å². The van der Waals surface area contributed by atoms with Crippen molar-refractivity contribution in [3.63, 3.8) is 0 Å². The molecule has 0 unspecified atom stereocenters. The van der Waals surface area contributed by atoms with Crippen molar-refractivity contribution in [2.75, 3.05) is 0 Å². The maximum absolute atomic E-state index is 14.9. The van der Waals surface area contributed by atoms with Crippen molar-refractivity contribution in [1.29, 1.82) is 0 Å². The minimum atomic E-state index is -2.40. The highest BCUT2D eigenvalue weighted by Crippen LogP contribution is 2.47. The zero-order chi connectivity index (χ0) is 34.1. The molecule has 0 radical (unpaired) electrons. The Morgan fingerprint density at radius 1 is 0.522 bits per heavy atom. The highest BCUT2D eigenvalue weighted by molar-refractivity contribution is 8.02. The number of aromatic carboxylic acids is 2. The van der Waals surface area contributed by atoms with E-state index in [9.17, 15) is 64.5 Å². The third kappa shape index (κ3) is 4.80. The minimum Gasteiger partial charge on any atom is -0.507 e. The predicted octanol–water partition coefficient (Wildman–Crippen LogP) is 6.68. The molecule has 5 rings (SSSR count). The number of halogens is 8. The Labute approximate surface area is 256 Å². The number of hydrogen-bond acceptors (Lipinski definition) is 8. The highest BCUT2D eigenvalue weighted by Gasteiger charge is 2.37. The molecule has 8 nitrogen and oxygen atoms in total. The lowest BCUT2D eigenvalue weighted by Gasteiger charge is -2.22. The van der Waals surface area contributed by atoms with Crippen LogP contribution in [0.5, 0.6) is 11.5 Å². The van der Waals surface area contributed by atoms with Crippen LogP contribution in [-0.2, 0) is 0 Å². The number of fused-ring (bicyclic) bond motifs is 2. The Hall–Kier alpha value is -5.10. The van der Waals surface area contributed by atoms with E-state index in [0.717, 1.165) is 12.1 Å². The molecule has 0 saturated heterocycles. The van der Waals surface area contributed by atoms with Gasteiger partial charge in [-0.3, -0.25) is 9.59 Å². The Morgan fingerprint density at radius 3 is 1.07 bits per heavy atom. The molecule has 0 heterocycles. The molecule has 0 amide bonds. The average molecular weight is 688 g/mol. The lowest BCUT2D eigenvalue weighted by molar-refractivity contribution is 0.0671. The molecule has 18 heteroatoms. The summed E-state index contributed by atoms with van der Waals surface area (Å²) in [6, 6.07) is 2.87. The number of phenols is 2. The summed E-state index contributed by atoms with van der Waals surface area (Å²) in [5.41, 5.74) is -6.96. The topological polar surface area (TPSA) is 149 Å². The smallest absolute Gasteiger partial charge is 0.341 e. The van der Waals surface area contributed by atoms with Crippen LogP contribution >= 0.6 is 23.5 Å². The largest absolute Gasteiger partial charge is 0.507 e. The molecule has 4 aromatic rings. The molecular formula is C28H8F8O8S2. The molecule has 0 spiro atoms. The summed E-state index contributed by atoms with van der Waals surface area (Å²) in [5, 5.41) is 38.3. The fourth-order valence-corrected chi connectivity index (χ4v) is 6.48. The Morgan fingerprint density at radius 2 is 0.804 bits per heavy atom. The van der Waals surface area contributed by atoms with Gasteiger partial charge < -0.3 is 20.4 Å². The van der Waals surface area contributed by atoms with Crippen LogP contribution in [0.4, 0.5) is 35.1 Å². The van der Waals surface area contributed by atoms with Crippen LogP contribution < -0.4 is 0 Å². The molecular weight excluding hydrogens is 680 g/mol. The zero-order valence-corrected chi connectivity index (χ0v) is 23.2. The van der Waals surface area contributed by atoms with E-state index in [1.54, 1.807) is 0 Å². The molecule has 0 aliphatic heterocycles. The second kappa shape index (κ2) is 11.4. The van der Waals surface area contributed by atoms with E-state index in [2.05, 4.69) is 0 Å². The molecule has 46 heavy (non-hydrogen) atoms. The third-order valence-corrected chi connectivity index (χ3v) is 8.86. The summed E-state index contributed by atoms with van der Waals surface area (Å²) < 4.78 is 118. The van der Waals surface area contributed by atoms with Gasteiger partial charge in [-0.15, -0.1) is 0 Å². The Bertz CT molecular complexity index is 1910. The molecule has 0 fully saturated rings. The van der Waals surface area contributed by atoms with Crippen LogP contribution in [0.25, 0.3) is 0 Å². The van der Waals surface area contributed by atoms with E-state index in [1.165, 1.54) is 0 Å². The van der Waals surface area contributed by atoms with E-state index < -0.39 is 135 Å². The fraction of sp³-hybridized carbons (Fsp3) is 0. The van der Waals surface area contributed by atoms with Gasteiger partial charge in [-0.2, -0.15) is 0 Å². The van der Waals surface area contributed by atoms with Crippen LogP contribution in [0.3, 0.4) is 0 Å². The second-order valence-corrected chi connectivity index (χ2v) is 11.2. The lowest BCUT2D eigenvalue weighted by atomic mass is 9.83. The standard InChI is InChI=1S/C28H8F8O8S2/c29-15-13(27(41)42)16(30)20(34)25(19(15)33)45-9-3-5-6(24(40)12-8(38)2-1-7(37)11(12)23(5)39)4-10(9)46-26-21(35)17(31)14(28(43)44)18(32)22(26)36/h1-4,37-38H,(H,41,42)(H,43,44). The van der Waals surface area contributed by atoms with Gasteiger partial charge in [-0.05, 0) is 24.3 Å². The summed E-state index contributed by atoms with van der Waals surface area (Å²) >= 11 is -0.635. The quantitative estimate of drug-likeness (QED) is 0.0864. The van der Waals surface area contributed by atoms with Crippen molar-refractivity contribution in [3.8, 4) is 11.5 Å². The van der Waals surface area contributed by atoms with Crippen molar-refractivity contribution < 1.29 is 74.7 Å². The van der Waals surface area contributed by atoms with E-state index >= 15 is 0 Å². The number of carbonyl (C=O) groups is 4. The van der Waals surface area contributed by atoms with Crippen LogP contribution in [0.2, 0.25) is 0 Å². The molecule has 4 aromatic carbocycles. The first-order valence-corrected chi connectivity index (χ1v) is 13.5. The molecule has 0 atom stereocenters. The number of rotatable bonds is 6. The van der Waals surface area contributed by atoms with Crippen molar-refractivity contribution in [2.45, 2.75) is 19.6 Å². The van der Waals surface area contributed by atoms with Crippen molar-refractivity contribution in [2.24, 2.45) is 0 Å². The fourth-order valence-electron chi connectivity index (χ4n) is 4.40. The monoisotopic (exact) mass is 688 g/mol. The number of phenolic OH excluding ortho intramolecular Hbond substituents is 2. The molecule has 1 aliphatic carbocycles. The second-order valence-electron chi connectivity index (χ2n) is 9.09. The van der Waals surface area contributed by atoms with Gasteiger partial charge in [0, 0.05) is 20.9 Å². The van der Waals surface area contributed by atoms with Gasteiger partial charge in [0.2, 0.25) is 0 Å². The number of carbonyl (C=O) groups excluding carboxylic acids is 2.